The minimum atomic E-state index is -5.03. The number of carbonyl (C=O) groups is 1. The number of alkyl halides is 3. The van der Waals surface area contributed by atoms with E-state index in [4.69, 9.17) is 15.2 Å². The first kappa shape index (κ1) is 32.4. The maximum Gasteiger partial charge on any atom is 0.417 e. The van der Waals surface area contributed by atoms with Gasteiger partial charge in [-0.15, -0.1) is 0 Å². The summed E-state index contributed by atoms with van der Waals surface area (Å²) in [6.45, 7) is 5.77. The molecule has 10 nitrogen and oxygen atoms in total. The number of likely N-dealkylation sites (N-methyl/N-ethyl adjacent to an activating group) is 1. The van der Waals surface area contributed by atoms with E-state index in [0.29, 0.717) is 6.42 Å². The summed E-state index contributed by atoms with van der Waals surface area (Å²) in [6, 6.07) is 2.27. The molecule has 3 aliphatic rings. The summed E-state index contributed by atoms with van der Waals surface area (Å²) in [5, 5.41) is -0.287. The Labute approximate surface area is 275 Å². The lowest BCUT2D eigenvalue weighted by Gasteiger charge is -2.44. The molecule has 0 spiro atoms. The Morgan fingerprint density at radius 1 is 1.21 bits per heavy atom. The van der Waals surface area contributed by atoms with Crippen LogP contribution in [0.2, 0.25) is 0 Å². The first-order valence-corrected chi connectivity index (χ1v) is 16.2. The molecule has 0 saturated carbocycles. The van der Waals surface area contributed by atoms with E-state index in [1.807, 2.05) is 0 Å². The second kappa shape index (κ2) is 11.8. The second-order valence-electron chi connectivity index (χ2n) is 12.5. The standard InChI is InChI=1S/C32H32F5N7O3S/c1-4-22(45)43-12-16(13-43)42(2)28-19-10-20(32(35,36)37)23(18-6-7-21(33)27-26(18)39-29(38)48-27)24(34)25(19)40-30(41-28)47-15-31-8-5-9-44(31)14-17(11-31)46-3/h4,6-7,10,16-17H,1,5,8-9,11-15H2,2-3H3,(H2,38,39). The highest BCUT2D eigenvalue weighted by atomic mass is 32.1. The van der Waals surface area contributed by atoms with Crippen molar-refractivity contribution in [2.45, 2.75) is 43.1 Å². The van der Waals surface area contributed by atoms with Gasteiger partial charge in [-0.2, -0.15) is 23.1 Å². The predicted molar refractivity (Wildman–Crippen MR) is 171 cm³/mol. The van der Waals surface area contributed by atoms with E-state index in [1.165, 1.54) is 11.0 Å². The minimum absolute atomic E-state index is 0.00535. The molecule has 16 heteroatoms. The summed E-state index contributed by atoms with van der Waals surface area (Å²) in [5.41, 5.74) is 2.41. The van der Waals surface area contributed by atoms with E-state index in [0.717, 1.165) is 55.5 Å². The Morgan fingerprint density at radius 3 is 2.69 bits per heavy atom. The molecule has 1 amide bonds. The van der Waals surface area contributed by atoms with Crippen LogP contribution in [-0.2, 0) is 15.7 Å². The third kappa shape index (κ3) is 5.29. The molecule has 0 bridgehead atoms. The summed E-state index contributed by atoms with van der Waals surface area (Å²) in [5.74, 6) is -2.32. The lowest BCUT2D eigenvalue weighted by molar-refractivity contribution is -0.137. The number of halogens is 5. The maximum absolute atomic E-state index is 16.9. The van der Waals surface area contributed by atoms with Crippen LogP contribution in [0.3, 0.4) is 0 Å². The Bertz CT molecular complexity index is 1950. The topological polar surface area (TPSA) is 110 Å². The number of nitrogen functional groups attached to an aromatic ring is 1. The number of methoxy groups -OCH3 is 1. The summed E-state index contributed by atoms with van der Waals surface area (Å²) < 4.78 is 87.6. The number of nitrogens with zero attached hydrogens (tertiary/aromatic N) is 6. The molecule has 7 rings (SSSR count). The number of aromatic nitrogens is 3. The van der Waals surface area contributed by atoms with Crippen LogP contribution in [0.4, 0.5) is 32.9 Å². The largest absolute Gasteiger partial charge is 0.461 e. The van der Waals surface area contributed by atoms with Crippen LogP contribution < -0.4 is 15.4 Å². The smallest absolute Gasteiger partial charge is 0.417 e. The van der Waals surface area contributed by atoms with E-state index in [1.54, 1.807) is 19.1 Å². The van der Waals surface area contributed by atoms with Gasteiger partial charge in [0.1, 0.15) is 23.8 Å². The van der Waals surface area contributed by atoms with Crippen molar-refractivity contribution in [2.75, 3.05) is 57.6 Å². The van der Waals surface area contributed by atoms with Gasteiger partial charge >= 0.3 is 12.2 Å². The van der Waals surface area contributed by atoms with Gasteiger partial charge in [0.25, 0.3) is 0 Å². The van der Waals surface area contributed by atoms with Crippen molar-refractivity contribution in [1.29, 1.82) is 0 Å². The molecule has 3 saturated heterocycles. The maximum atomic E-state index is 16.9. The van der Waals surface area contributed by atoms with Gasteiger partial charge in [-0.05, 0) is 50.1 Å². The fraction of sp³-hybridized carbons (Fsp3) is 0.438. The van der Waals surface area contributed by atoms with Crippen molar-refractivity contribution in [3.05, 3.63) is 48.1 Å². The number of anilines is 2. The molecule has 0 radical (unpaired) electrons. The Balaban J connectivity index is 1.39. The molecule has 2 aromatic heterocycles. The van der Waals surface area contributed by atoms with Gasteiger partial charge in [0.05, 0.1) is 33.5 Å². The third-order valence-electron chi connectivity index (χ3n) is 9.78. The van der Waals surface area contributed by atoms with Gasteiger partial charge in [0.2, 0.25) is 5.91 Å². The third-order valence-corrected chi connectivity index (χ3v) is 10.7. The number of amides is 1. The first-order valence-electron chi connectivity index (χ1n) is 15.3. The molecule has 2 unspecified atom stereocenters. The van der Waals surface area contributed by atoms with Crippen molar-refractivity contribution >= 4 is 49.3 Å². The zero-order chi connectivity index (χ0) is 34.1. The average molecular weight is 690 g/mol. The fourth-order valence-electron chi connectivity index (χ4n) is 7.21. The molecule has 48 heavy (non-hydrogen) atoms. The number of hydrogen-bond donors (Lipinski definition) is 1. The minimum Gasteiger partial charge on any atom is -0.461 e. The number of fused-ring (bicyclic) bond motifs is 3. The zero-order valence-electron chi connectivity index (χ0n) is 26.1. The lowest BCUT2D eigenvalue weighted by Crippen LogP contribution is -2.60. The van der Waals surface area contributed by atoms with Gasteiger partial charge in [0, 0.05) is 50.3 Å². The van der Waals surface area contributed by atoms with Crippen LogP contribution >= 0.6 is 11.3 Å². The number of hydrogen-bond acceptors (Lipinski definition) is 10. The number of ether oxygens (including phenoxy) is 2. The number of likely N-dealkylation sites (tertiary alicyclic amines) is 1. The Hall–Kier alpha value is -4.15. The number of thiazole rings is 1. The summed E-state index contributed by atoms with van der Waals surface area (Å²) >= 11 is 0.751. The fourth-order valence-corrected chi connectivity index (χ4v) is 7.97. The van der Waals surface area contributed by atoms with E-state index in [2.05, 4.69) is 26.4 Å². The summed E-state index contributed by atoms with van der Waals surface area (Å²) in [4.78, 5) is 30.5. The van der Waals surface area contributed by atoms with Gasteiger partial charge in [-0.1, -0.05) is 17.9 Å². The molecule has 254 valence electrons. The Kier molecular flexibility index (Phi) is 7.94. The molecule has 0 aliphatic carbocycles. The SMILES string of the molecule is C=CC(=O)N1CC(N(C)c2nc(OCC34CCCN3CC(OC)C4)nc3c(F)c(-c4ccc(F)c5sc(N)nc45)c(C(F)(F)F)cc23)C1. The molecule has 5 heterocycles. The average Bonchev–Trinajstić information content (AvgIpc) is 3.71. The van der Waals surface area contributed by atoms with E-state index < -0.39 is 34.5 Å². The van der Waals surface area contributed by atoms with Crippen molar-refractivity contribution in [3.63, 3.8) is 0 Å². The van der Waals surface area contributed by atoms with Gasteiger partial charge in [-0.25, -0.2) is 13.8 Å². The van der Waals surface area contributed by atoms with Crippen LogP contribution in [-0.4, -0.2) is 95.3 Å². The molecule has 2 atom stereocenters. The van der Waals surface area contributed by atoms with Gasteiger partial charge < -0.3 is 25.0 Å². The molecular formula is C32H32F5N7O3S. The molecular weight excluding hydrogens is 657 g/mol. The molecule has 3 aliphatic heterocycles. The molecule has 3 fully saturated rings. The van der Waals surface area contributed by atoms with E-state index in [9.17, 15) is 22.4 Å². The monoisotopic (exact) mass is 689 g/mol. The van der Waals surface area contributed by atoms with E-state index >= 15 is 4.39 Å². The number of rotatable bonds is 8. The summed E-state index contributed by atoms with van der Waals surface area (Å²) in [7, 11) is 3.27. The van der Waals surface area contributed by atoms with Crippen LogP contribution in [0.25, 0.3) is 32.2 Å². The number of nitrogens with two attached hydrogens (primary N) is 1. The highest BCUT2D eigenvalue weighted by Gasteiger charge is 2.49. The van der Waals surface area contributed by atoms with Gasteiger partial charge in [-0.3, -0.25) is 9.69 Å². The lowest BCUT2D eigenvalue weighted by atomic mass is 9.94. The number of benzene rings is 2. The van der Waals surface area contributed by atoms with Crippen molar-refractivity contribution in [3.8, 4) is 17.1 Å². The van der Waals surface area contributed by atoms with Crippen LogP contribution in [0.5, 0.6) is 6.01 Å². The number of carbonyl (C=O) groups excluding carboxylic acids is 1. The normalized spacial score (nSPS) is 21.6. The highest BCUT2D eigenvalue weighted by molar-refractivity contribution is 7.22. The quantitative estimate of drug-likeness (QED) is 0.196. The Morgan fingerprint density at radius 2 is 1.98 bits per heavy atom. The predicted octanol–water partition coefficient (Wildman–Crippen LogP) is 5.25. The van der Waals surface area contributed by atoms with Crippen molar-refractivity contribution in [2.24, 2.45) is 0 Å². The molecule has 4 aromatic rings. The highest BCUT2D eigenvalue weighted by Crippen LogP contribution is 2.46. The van der Waals surface area contributed by atoms with E-state index in [-0.39, 0.29) is 81.4 Å². The molecule has 2 N–H and O–H groups in total. The molecule has 2 aromatic carbocycles. The zero-order valence-corrected chi connectivity index (χ0v) is 26.9. The van der Waals surface area contributed by atoms with Crippen LogP contribution in [0.15, 0.2) is 30.9 Å². The van der Waals surface area contributed by atoms with Crippen LogP contribution in [0.1, 0.15) is 24.8 Å². The van der Waals surface area contributed by atoms with Crippen molar-refractivity contribution < 1.29 is 36.2 Å². The van der Waals surface area contributed by atoms with Crippen molar-refractivity contribution in [1.82, 2.24) is 24.8 Å². The second-order valence-corrected chi connectivity index (χ2v) is 13.5. The van der Waals surface area contributed by atoms with Gasteiger partial charge in [0.15, 0.2) is 10.9 Å². The first-order chi connectivity index (χ1) is 22.8. The summed E-state index contributed by atoms with van der Waals surface area (Å²) in [6.07, 6.45) is -1.33. The van der Waals surface area contributed by atoms with Crippen LogP contribution in [0, 0.1) is 11.6 Å².